The Bertz CT molecular complexity index is 591. The predicted molar refractivity (Wildman–Crippen MR) is 81.1 cm³/mol. The van der Waals surface area contributed by atoms with Gasteiger partial charge in [0.2, 0.25) is 10.0 Å². The molecule has 1 amide bonds. The number of carbonyl (C=O) groups is 1. The molecule has 0 bridgehead atoms. The number of rotatable bonds is 6. The van der Waals surface area contributed by atoms with Gasteiger partial charge in [-0.1, -0.05) is 0 Å². The van der Waals surface area contributed by atoms with Crippen LogP contribution >= 0.6 is 11.3 Å². The van der Waals surface area contributed by atoms with Crippen LogP contribution in [0.3, 0.4) is 0 Å². The lowest BCUT2D eigenvalue weighted by atomic mass is 10.3. The van der Waals surface area contributed by atoms with E-state index in [4.69, 9.17) is 4.74 Å². The van der Waals surface area contributed by atoms with Crippen molar-refractivity contribution in [3.05, 3.63) is 16.3 Å². The summed E-state index contributed by atoms with van der Waals surface area (Å²) in [4.78, 5) is 12.6. The molecule has 0 aromatic carbocycles. The highest BCUT2D eigenvalue weighted by molar-refractivity contribution is 7.89. The topological polar surface area (TPSA) is 75.7 Å². The highest BCUT2D eigenvalue weighted by Gasteiger charge is 2.31. The summed E-state index contributed by atoms with van der Waals surface area (Å²) in [6.45, 7) is 3.24. The number of nitrogens with one attached hydrogen (secondary N) is 1. The predicted octanol–water partition coefficient (Wildman–Crippen LogP) is 1.30. The van der Waals surface area contributed by atoms with Gasteiger partial charge >= 0.3 is 0 Å². The molecule has 2 heterocycles. The zero-order valence-corrected chi connectivity index (χ0v) is 13.8. The SMILES string of the molecule is COCC(C)NC(=O)c1sccc1S(=O)(=O)N1CCCC1. The number of carbonyl (C=O) groups excluding carboxylic acids is 1. The Morgan fingerprint density at radius 2 is 2.14 bits per heavy atom. The first-order chi connectivity index (χ1) is 9.96. The molecule has 1 aliphatic rings. The van der Waals surface area contributed by atoms with Crippen LogP contribution in [0.4, 0.5) is 0 Å². The second kappa shape index (κ2) is 6.87. The number of hydrogen-bond acceptors (Lipinski definition) is 5. The van der Waals surface area contributed by atoms with Gasteiger partial charge in [0.15, 0.2) is 0 Å². The Morgan fingerprint density at radius 1 is 1.48 bits per heavy atom. The molecule has 0 saturated carbocycles. The summed E-state index contributed by atoms with van der Waals surface area (Å²) >= 11 is 1.14. The lowest BCUT2D eigenvalue weighted by Crippen LogP contribution is -2.36. The highest BCUT2D eigenvalue weighted by Crippen LogP contribution is 2.27. The lowest BCUT2D eigenvalue weighted by Gasteiger charge is -2.16. The van der Waals surface area contributed by atoms with Gasteiger partial charge in [-0.15, -0.1) is 11.3 Å². The Balaban J connectivity index is 2.20. The maximum atomic E-state index is 12.6. The van der Waals surface area contributed by atoms with Crippen LogP contribution in [0.2, 0.25) is 0 Å². The van der Waals surface area contributed by atoms with Crippen LogP contribution in [0.5, 0.6) is 0 Å². The monoisotopic (exact) mass is 332 g/mol. The van der Waals surface area contributed by atoms with Gasteiger partial charge in [-0.25, -0.2) is 8.42 Å². The molecule has 6 nitrogen and oxygen atoms in total. The van der Waals surface area contributed by atoms with Gasteiger partial charge in [0.25, 0.3) is 5.91 Å². The van der Waals surface area contributed by atoms with Gasteiger partial charge in [-0.05, 0) is 31.2 Å². The smallest absolute Gasteiger partial charge is 0.263 e. The van der Waals surface area contributed by atoms with Gasteiger partial charge < -0.3 is 10.1 Å². The number of sulfonamides is 1. The van der Waals surface area contributed by atoms with Crippen molar-refractivity contribution >= 4 is 27.3 Å². The fraction of sp³-hybridized carbons (Fsp3) is 0.615. The molecular weight excluding hydrogens is 312 g/mol. The summed E-state index contributed by atoms with van der Waals surface area (Å²) in [5, 5.41) is 4.39. The molecule has 1 saturated heterocycles. The average Bonchev–Trinajstić information content (AvgIpc) is 3.11. The summed E-state index contributed by atoms with van der Waals surface area (Å²) in [5.74, 6) is -0.368. The Labute approximate surface area is 129 Å². The molecule has 1 fully saturated rings. The maximum Gasteiger partial charge on any atom is 0.263 e. The Hall–Kier alpha value is -0.960. The van der Waals surface area contributed by atoms with E-state index in [-0.39, 0.29) is 21.7 Å². The number of methoxy groups -OCH3 is 1. The van der Waals surface area contributed by atoms with Crippen molar-refractivity contribution in [1.82, 2.24) is 9.62 Å². The van der Waals surface area contributed by atoms with E-state index in [9.17, 15) is 13.2 Å². The van der Waals surface area contributed by atoms with Crippen LogP contribution in [-0.4, -0.2) is 51.5 Å². The van der Waals surface area contributed by atoms with Gasteiger partial charge in [0.1, 0.15) is 9.77 Å². The lowest BCUT2D eigenvalue weighted by molar-refractivity contribution is 0.0906. The van der Waals surface area contributed by atoms with E-state index in [1.807, 2.05) is 6.92 Å². The summed E-state index contributed by atoms with van der Waals surface area (Å²) in [5.41, 5.74) is 0. The minimum absolute atomic E-state index is 0.108. The van der Waals surface area contributed by atoms with Crippen molar-refractivity contribution in [1.29, 1.82) is 0 Å². The molecule has 0 spiro atoms. The molecule has 0 aliphatic carbocycles. The fourth-order valence-electron chi connectivity index (χ4n) is 2.31. The molecule has 1 atom stereocenters. The average molecular weight is 332 g/mol. The molecule has 0 radical (unpaired) electrons. The third-order valence-corrected chi connectivity index (χ3v) is 6.30. The number of amides is 1. The van der Waals surface area contributed by atoms with Gasteiger partial charge in [0, 0.05) is 26.2 Å². The number of nitrogens with zero attached hydrogens (tertiary/aromatic N) is 1. The normalized spacial score (nSPS) is 17.8. The second-order valence-corrected chi connectivity index (χ2v) is 7.88. The quantitative estimate of drug-likeness (QED) is 0.852. The van der Waals surface area contributed by atoms with E-state index >= 15 is 0 Å². The van der Waals surface area contributed by atoms with Crippen LogP contribution in [0.25, 0.3) is 0 Å². The number of hydrogen-bond donors (Lipinski definition) is 1. The Kier molecular flexibility index (Phi) is 5.37. The van der Waals surface area contributed by atoms with E-state index in [0.29, 0.717) is 19.7 Å². The zero-order valence-electron chi connectivity index (χ0n) is 12.2. The molecule has 1 aliphatic heterocycles. The van der Waals surface area contributed by atoms with E-state index in [2.05, 4.69) is 5.32 Å². The van der Waals surface area contributed by atoms with Crippen molar-refractivity contribution in [3.63, 3.8) is 0 Å². The molecule has 2 rings (SSSR count). The second-order valence-electron chi connectivity index (χ2n) is 5.06. The van der Waals surface area contributed by atoms with Crippen molar-refractivity contribution in [2.24, 2.45) is 0 Å². The third kappa shape index (κ3) is 3.63. The fourth-order valence-corrected chi connectivity index (χ4v) is 5.14. The van der Waals surface area contributed by atoms with Crippen molar-refractivity contribution in [3.8, 4) is 0 Å². The first kappa shape index (κ1) is 16.4. The minimum Gasteiger partial charge on any atom is -0.383 e. The first-order valence-corrected chi connectivity index (χ1v) is 9.16. The molecule has 118 valence electrons. The Morgan fingerprint density at radius 3 is 2.76 bits per heavy atom. The molecule has 8 heteroatoms. The van der Waals surface area contributed by atoms with Crippen molar-refractivity contribution < 1.29 is 17.9 Å². The summed E-state index contributed by atoms with van der Waals surface area (Å²) in [6, 6.07) is 1.33. The van der Waals surface area contributed by atoms with E-state index in [1.165, 1.54) is 10.4 Å². The highest BCUT2D eigenvalue weighted by atomic mass is 32.2. The van der Waals surface area contributed by atoms with Crippen LogP contribution < -0.4 is 5.32 Å². The number of thiophene rings is 1. The maximum absolute atomic E-state index is 12.6. The van der Waals surface area contributed by atoms with E-state index < -0.39 is 10.0 Å². The molecule has 1 unspecified atom stereocenters. The minimum atomic E-state index is -3.57. The van der Waals surface area contributed by atoms with Crippen LogP contribution in [0.15, 0.2) is 16.3 Å². The summed E-state index contributed by atoms with van der Waals surface area (Å²) < 4.78 is 31.5. The van der Waals surface area contributed by atoms with E-state index in [1.54, 1.807) is 12.5 Å². The molecule has 1 aromatic rings. The standard InChI is InChI=1S/C13H20N2O4S2/c1-10(9-19-2)14-13(16)12-11(5-8-20-12)21(17,18)15-6-3-4-7-15/h5,8,10H,3-4,6-7,9H2,1-2H3,(H,14,16). The largest absolute Gasteiger partial charge is 0.383 e. The molecule has 1 N–H and O–H groups in total. The summed E-state index contributed by atoms with van der Waals surface area (Å²) in [6.07, 6.45) is 1.74. The van der Waals surface area contributed by atoms with Gasteiger partial charge in [-0.2, -0.15) is 4.31 Å². The molecule has 1 aromatic heterocycles. The van der Waals surface area contributed by atoms with Gasteiger partial charge in [0.05, 0.1) is 6.61 Å². The van der Waals surface area contributed by atoms with Crippen LogP contribution in [0.1, 0.15) is 29.4 Å². The van der Waals surface area contributed by atoms with Crippen LogP contribution in [0, 0.1) is 0 Å². The van der Waals surface area contributed by atoms with Crippen molar-refractivity contribution in [2.45, 2.75) is 30.7 Å². The number of ether oxygens (including phenoxy) is 1. The third-order valence-electron chi connectivity index (χ3n) is 3.31. The zero-order chi connectivity index (χ0) is 15.5. The van der Waals surface area contributed by atoms with Gasteiger partial charge in [-0.3, -0.25) is 4.79 Å². The van der Waals surface area contributed by atoms with Crippen LogP contribution in [-0.2, 0) is 14.8 Å². The summed E-state index contributed by atoms with van der Waals surface area (Å²) in [7, 11) is -2.01. The first-order valence-electron chi connectivity index (χ1n) is 6.84. The van der Waals surface area contributed by atoms with E-state index in [0.717, 1.165) is 24.2 Å². The molecular formula is C13H20N2O4S2. The van der Waals surface area contributed by atoms with Crippen molar-refractivity contribution in [2.75, 3.05) is 26.8 Å². The molecule has 21 heavy (non-hydrogen) atoms.